The molecule has 29 heavy (non-hydrogen) atoms. The van der Waals surface area contributed by atoms with E-state index in [1.165, 1.54) is 12.7 Å². The summed E-state index contributed by atoms with van der Waals surface area (Å²) in [7, 11) is 1.37. The Hall–Kier alpha value is -2.86. The summed E-state index contributed by atoms with van der Waals surface area (Å²) in [6.07, 6.45) is 1.97. The van der Waals surface area contributed by atoms with E-state index in [4.69, 9.17) is 4.74 Å². The van der Waals surface area contributed by atoms with Gasteiger partial charge < -0.3 is 19.9 Å². The zero-order valence-electron chi connectivity index (χ0n) is 16.7. The van der Waals surface area contributed by atoms with Crippen LogP contribution in [0, 0.1) is 0 Å². The molecule has 2 fully saturated rings. The van der Waals surface area contributed by atoms with Gasteiger partial charge in [0.2, 0.25) is 0 Å². The number of amides is 2. The highest BCUT2D eigenvalue weighted by Crippen LogP contribution is 2.34. The predicted molar refractivity (Wildman–Crippen MR) is 111 cm³/mol. The molecular weight excluding hydrogens is 366 g/mol. The summed E-state index contributed by atoms with van der Waals surface area (Å²) in [5.41, 5.74) is 2.70. The van der Waals surface area contributed by atoms with Crippen LogP contribution in [-0.2, 0) is 11.3 Å². The molecule has 2 heterocycles. The molecule has 2 amide bonds. The molecule has 2 aliphatic heterocycles. The van der Waals surface area contributed by atoms with E-state index < -0.39 is 0 Å². The lowest BCUT2D eigenvalue weighted by Crippen LogP contribution is -2.45. The first-order valence-electron chi connectivity index (χ1n) is 10.2. The zero-order chi connectivity index (χ0) is 20.2. The quantitative estimate of drug-likeness (QED) is 0.793. The van der Waals surface area contributed by atoms with Crippen molar-refractivity contribution in [3.8, 4) is 0 Å². The van der Waals surface area contributed by atoms with Crippen molar-refractivity contribution < 1.29 is 14.3 Å². The molecular formula is C23H27N3O3. The Balaban J connectivity index is 1.54. The molecule has 0 radical (unpaired) electrons. The number of benzene rings is 2. The molecule has 0 aromatic heterocycles. The van der Waals surface area contributed by atoms with Crippen LogP contribution < -0.4 is 5.32 Å². The van der Waals surface area contributed by atoms with Gasteiger partial charge in [-0.25, -0.2) is 9.59 Å². The fraction of sp³-hybridized carbons (Fsp3) is 0.391. The van der Waals surface area contributed by atoms with Gasteiger partial charge in [-0.1, -0.05) is 42.5 Å². The third-order valence-corrected chi connectivity index (χ3v) is 5.86. The molecule has 1 atom stereocenters. The number of nitrogens with one attached hydrogen (secondary N) is 1. The number of hydrogen-bond acceptors (Lipinski definition) is 4. The maximum Gasteiger partial charge on any atom is 0.337 e. The number of rotatable bonds is 5. The maximum atomic E-state index is 13.4. The minimum Gasteiger partial charge on any atom is -0.465 e. The molecule has 1 N–H and O–H groups in total. The third kappa shape index (κ3) is 4.12. The fourth-order valence-electron chi connectivity index (χ4n) is 4.32. The normalized spacial score (nSPS) is 20.2. The van der Waals surface area contributed by atoms with E-state index in [1.54, 1.807) is 12.1 Å². The number of nitrogens with zero attached hydrogens (tertiary/aromatic N) is 2. The molecule has 0 bridgehead atoms. The number of urea groups is 1. The summed E-state index contributed by atoms with van der Waals surface area (Å²) in [6, 6.07) is 18.0. The van der Waals surface area contributed by atoms with Crippen LogP contribution in [0.4, 0.5) is 4.79 Å². The number of carbonyl (C=O) groups excluding carboxylic acids is 2. The molecule has 2 aromatic rings. The fourth-order valence-corrected chi connectivity index (χ4v) is 4.32. The van der Waals surface area contributed by atoms with Crippen LogP contribution in [0.5, 0.6) is 0 Å². The average Bonchev–Trinajstić information content (AvgIpc) is 3.11. The first-order chi connectivity index (χ1) is 14.2. The number of carbonyl (C=O) groups is 2. The van der Waals surface area contributed by atoms with Crippen LogP contribution >= 0.6 is 0 Å². The van der Waals surface area contributed by atoms with E-state index in [0.29, 0.717) is 18.7 Å². The van der Waals surface area contributed by atoms with Crippen LogP contribution in [0.2, 0.25) is 0 Å². The Bertz CT molecular complexity index is 847. The first-order valence-corrected chi connectivity index (χ1v) is 10.2. The number of piperidine rings is 1. The van der Waals surface area contributed by atoms with E-state index in [-0.39, 0.29) is 24.1 Å². The van der Waals surface area contributed by atoms with Gasteiger partial charge in [-0.2, -0.15) is 0 Å². The molecule has 2 aromatic carbocycles. The Labute approximate surface area is 171 Å². The molecule has 6 heteroatoms. The Morgan fingerprint density at radius 2 is 1.76 bits per heavy atom. The lowest BCUT2D eigenvalue weighted by atomic mass is 10.00. The van der Waals surface area contributed by atoms with Gasteiger partial charge in [0, 0.05) is 19.1 Å². The van der Waals surface area contributed by atoms with E-state index in [0.717, 1.165) is 31.5 Å². The Morgan fingerprint density at radius 1 is 1.07 bits per heavy atom. The smallest absolute Gasteiger partial charge is 0.337 e. The topological polar surface area (TPSA) is 61.9 Å². The van der Waals surface area contributed by atoms with Gasteiger partial charge in [-0.05, 0) is 49.2 Å². The maximum absolute atomic E-state index is 13.4. The van der Waals surface area contributed by atoms with E-state index in [1.807, 2.05) is 35.2 Å². The predicted octanol–water partition coefficient (Wildman–Crippen LogP) is 3.20. The average molecular weight is 393 g/mol. The summed E-state index contributed by atoms with van der Waals surface area (Å²) < 4.78 is 4.76. The van der Waals surface area contributed by atoms with Gasteiger partial charge >= 0.3 is 12.0 Å². The van der Waals surface area contributed by atoms with Gasteiger partial charge in [0.15, 0.2) is 0 Å². The number of ether oxygens (including phenoxy) is 1. The van der Waals surface area contributed by atoms with Crippen LogP contribution in [0.25, 0.3) is 0 Å². The van der Waals surface area contributed by atoms with Crippen molar-refractivity contribution in [2.45, 2.75) is 31.5 Å². The second kappa shape index (κ2) is 8.66. The van der Waals surface area contributed by atoms with E-state index in [9.17, 15) is 9.59 Å². The molecule has 0 spiro atoms. The SMILES string of the molecule is COC(=O)c1ccc(CN2CC(c3ccccc3)N(C3CCNCC3)C2=O)cc1. The summed E-state index contributed by atoms with van der Waals surface area (Å²) in [5.74, 6) is -0.352. The highest BCUT2D eigenvalue weighted by atomic mass is 16.5. The van der Waals surface area contributed by atoms with Gasteiger partial charge in [0.05, 0.1) is 18.7 Å². The molecule has 0 aliphatic carbocycles. The van der Waals surface area contributed by atoms with Crippen LogP contribution in [0.3, 0.4) is 0 Å². The molecule has 4 rings (SSSR count). The van der Waals surface area contributed by atoms with E-state index in [2.05, 4.69) is 22.3 Å². The lowest BCUT2D eigenvalue weighted by Gasteiger charge is -2.35. The molecule has 1 unspecified atom stereocenters. The van der Waals surface area contributed by atoms with E-state index >= 15 is 0 Å². The lowest BCUT2D eigenvalue weighted by molar-refractivity contribution is 0.0600. The summed E-state index contributed by atoms with van der Waals surface area (Å²) >= 11 is 0. The van der Waals surface area contributed by atoms with Gasteiger partial charge in [0.1, 0.15) is 0 Å². The van der Waals surface area contributed by atoms with Crippen LogP contribution in [-0.4, -0.2) is 54.6 Å². The van der Waals surface area contributed by atoms with Crippen LogP contribution in [0.1, 0.15) is 40.4 Å². The third-order valence-electron chi connectivity index (χ3n) is 5.86. The Kier molecular flexibility index (Phi) is 5.81. The molecule has 6 nitrogen and oxygen atoms in total. The standard InChI is InChI=1S/C23H27N3O3/c1-29-22(27)19-9-7-17(8-10-19)15-25-16-21(18-5-3-2-4-6-18)26(23(25)28)20-11-13-24-14-12-20/h2-10,20-21,24H,11-16H2,1H3. The summed E-state index contributed by atoms with van der Waals surface area (Å²) in [6.45, 7) is 3.10. The van der Waals surface area contributed by atoms with Crippen molar-refractivity contribution in [1.29, 1.82) is 0 Å². The number of esters is 1. The van der Waals surface area contributed by atoms with Gasteiger partial charge in [-0.15, -0.1) is 0 Å². The molecule has 2 aliphatic rings. The first kappa shape index (κ1) is 19.5. The van der Waals surface area contributed by atoms with Crippen molar-refractivity contribution in [3.05, 3.63) is 71.3 Å². The second-order valence-corrected chi connectivity index (χ2v) is 7.67. The minimum absolute atomic E-state index is 0.0705. The van der Waals surface area contributed by atoms with Crippen molar-refractivity contribution in [3.63, 3.8) is 0 Å². The van der Waals surface area contributed by atoms with Crippen molar-refractivity contribution in [2.75, 3.05) is 26.7 Å². The van der Waals surface area contributed by atoms with Crippen LogP contribution in [0.15, 0.2) is 54.6 Å². The largest absolute Gasteiger partial charge is 0.465 e. The molecule has 2 saturated heterocycles. The highest BCUT2D eigenvalue weighted by molar-refractivity contribution is 5.89. The van der Waals surface area contributed by atoms with Crippen molar-refractivity contribution in [1.82, 2.24) is 15.1 Å². The highest BCUT2D eigenvalue weighted by Gasteiger charge is 2.42. The zero-order valence-corrected chi connectivity index (χ0v) is 16.7. The van der Waals surface area contributed by atoms with Crippen molar-refractivity contribution >= 4 is 12.0 Å². The Morgan fingerprint density at radius 3 is 2.41 bits per heavy atom. The minimum atomic E-state index is -0.352. The number of hydrogen-bond donors (Lipinski definition) is 1. The number of methoxy groups -OCH3 is 1. The second-order valence-electron chi connectivity index (χ2n) is 7.67. The monoisotopic (exact) mass is 393 g/mol. The molecule has 0 saturated carbocycles. The van der Waals surface area contributed by atoms with Crippen molar-refractivity contribution in [2.24, 2.45) is 0 Å². The molecule has 152 valence electrons. The summed E-state index contributed by atoms with van der Waals surface area (Å²) in [5, 5.41) is 3.39. The summed E-state index contributed by atoms with van der Waals surface area (Å²) in [4.78, 5) is 29.0. The van der Waals surface area contributed by atoms with Gasteiger partial charge in [-0.3, -0.25) is 0 Å². The van der Waals surface area contributed by atoms with Gasteiger partial charge in [0.25, 0.3) is 0 Å².